The molecule has 0 bridgehead atoms. The van der Waals surface area contributed by atoms with Crippen LogP contribution in [-0.4, -0.2) is 66.2 Å². The Hall–Kier alpha value is -1.30. The van der Waals surface area contributed by atoms with Gasteiger partial charge in [0.25, 0.3) is 0 Å². The molecule has 1 unspecified atom stereocenters. The minimum absolute atomic E-state index is 0.123. The normalized spacial score (nSPS) is 24.9. The van der Waals surface area contributed by atoms with Gasteiger partial charge in [0.2, 0.25) is 0 Å². The summed E-state index contributed by atoms with van der Waals surface area (Å²) in [6.07, 6.45) is 1.13. The summed E-state index contributed by atoms with van der Waals surface area (Å²) in [5, 5.41) is 11.6. The minimum atomic E-state index is -0.812. The summed E-state index contributed by atoms with van der Waals surface area (Å²) in [6.45, 7) is 6.75. The van der Waals surface area contributed by atoms with E-state index < -0.39 is 5.97 Å². The first-order chi connectivity index (χ1) is 8.60. The predicted octanol–water partition coefficient (Wildman–Crippen LogP) is 0.0542. The summed E-state index contributed by atoms with van der Waals surface area (Å²) in [5.74, 6) is -0.656. The average molecular weight is 255 g/mol. The van der Waals surface area contributed by atoms with Crippen molar-refractivity contribution in [2.24, 2.45) is 11.8 Å². The van der Waals surface area contributed by atoms with E-state index in [1.165, 1.54) is 0 Å². The number of carboxylic acid groups (broad SMARTS) is 1. The SMILES string of the molecule is CCN1CCC(CNC(=O)N2CC(C(=O)O)C2)C1. The zero-order valence-electron chi connectivity index (χ0n) is 10.8. The van der Waals surface area contributed by atoms with E-state index >= 15 is 0 Å². The van der Waals surface area contributed by atoms with Crippen LogP contribution in [0.3, 0.4) is 0 Å². The summed E-state index contributed by atoms with van der Waals surface area (Å²) in [5.41, 5.74) is 0. The van der Waals surface area contributed by atoms with Crippen LogP contribution in [0, 0.1) is 11.8 Å². The smallest absolute Gasteiger partial charge is 0.317 e. The molecule has 18 heavy (non-hydrogen) atoms. The standard InChI is InChI=1S/C12H21N3O3/c1-2-14-4-3-9(6-14)5-13-12(18)15-7-10(8-15)11(16)17/h9-10H,2-8H2,1H3,(H,13,18)(H,16,17). The topological polar surface area (TPSA) is 72.9 Å². The third-order valence-electron chi connectivity index (χ3n) is 3.88. The molecule has 0 saturated carbocycles. The van der Waals surface area contributed by atoms with Crippen LogP contribution in [0.5, 0.6) is 0 Å². The quantitative estimate of drug-likeness (QED) is 0.745. The van der Waals surface area contributed by atoms with Gasteiger partial charge >= 0.3 is 12.0 Å². The Balaban J connectivity index is 1.63. The molecule has 2 amide bonds. The molecule has 0 radical (unpaired) electrons. The predicted molar refractivity (Wildman–Crippen MR) is 66.3 cm³/mol. The Morgan fingerprint density at radius 3 is 2.61 bits per heavy atom. The number of carbonyl (C=O) groups excluding carboxylic acids is 1. The molecule has 0 aliphatic carbocycles. The highest BCUT2D eigenvalue weighted by Crippen LogP contribution is 2.17. The molecule has 1 atom stereocenters. The van der Waals surface area contributed by atoms with Crippen molar-refractivity contribution >= 4 is 12.0 Å². The summed E-state index contributed by atoms with van der Waals surface area (Å²) >= 11 is 0. The maximum absolute atomic E-state index is 11.7. The van der Waals surface area contributed by atoms with Gasteiger partial charge in [-0.2, -0.15) is 0 Å². The van der Waals surface area contributed by atoms with Crippen molar-refractivity contribution in [2.75, 3.05) is 39.3 Å². The van der Waals surface area contributed by atoms with E-state index in [2.05, 4.69) is 17.1 Å². The van der Waals surface area contributed by atoms with Crippen molar-refractivity contribution in [2.45, 2.75) is 13.3 Å². The van der Waals surface area contributed by atoms with Gasteiger partial charge in [0, 0.05) is 26.2 Å². The molecule has 2 N–H and O–H groups in total. The van der Waals surface area contributed by atoms with Crippen molar-refractivity contribution < 1.29 is 14.7 Å². The monoisotopic (exact) mass is 255 g/mol. The Labute approximate surface area is 107 Å². The molecule has 6 nitrogen and oxygen atoms in total. The van der Waals surface area contributed by atoms with E-state index in [4.69, 9.17) is 5.11 Å². The summed E-state index contributed by atoms with van der Waals surface area (Å²) in [4.78, 5) is 26.3. The molecule has 2 aliphatic rings. The zero-order chi connectivity index (χ0) is 13.1. The van der Waals surface area contributed by atoms with E-state index in [-0.39, 0.29) is 11.9 Å². The molecule has 2 rings (SSSR count). The average Bonchev–Trinajstić information content (AvgIpc) is 2.71. The fourth-order valence-electron chi connectivity index (χ4n) is 2.51. The summed E-state index contributed by atoms with van der Waals surface area (Å²) in [7, 11) is 0. The van der Waals surface area contributed by atoms with E-state index in [1.54, 1.807) is 4.90 Å². The number of hydrogen-bond donors (Lipinski definition) is 2. The zero-order valence-corrected chi connectivity index (χ0v) is 10.8. The van der Waals surface area contributed by atoms with Gasteiger partial charge in [-0.15, -0.1) is 0 Å². The number of carbonyl (C=O) groups is 2. The molecule has 2 heterocycles. The van der Waals surface area contributed by atoms with Gasteiger partial charge in [-0.25, -0.2) is 4.79 Å². The highest BCUT2D eigenvalue weighted by Gasteiger charge is 2.35. The largest absolute Gasteiger partial charge is 0.481 e. The fourth-order valence-corrected chi connectivity index (χ4v) is 2.51. The second-order valence-corrected chi connectivity index (χ2v) is 5.17. The number of rotatable bonds is 4. The van der Waals surface area contributed by atoms with Crippen molar-refractivity contribution in [1.82, 2.24) is 15.1 Å². The molecule has 0 aromatic heterocycles. The van der Waals surface area contributed by atoms with Gasteiger partial charge in [0.05, 0.1) is 5.92 Å². The van der Waals surface area contributed by atoms with Crippen molar-refractivity contribution in [3.63, 3.8) is 0 Å². The van der Waals surface area contributed by atoms with Crippen LogP contribution in [0.4, 0.5) is 4.79 Å². The van der Waals surface area contributed by atoms with Gasteiger partial charge in [-0.05, 0) is 25.4 Å². The van der Waals surface area contributed by atoms with Crippen molar-refractivity contribution in [3.8, 4) is 0 Å². The molecule has 102 valence electrons. The van der Waals surface area contributed by atoms with Gasteiger partial charge in [0.15, 0.2) is 0 Å². The lowest BCUT2D eigenvalue weighted by Crippen LogP contribution is -2.56. The lowest BCUT2D eigenvalue weighted by molar-refractivity contribution is -0.146. The van der Waals surface area contributed by atoms with Crippen LogP contribution in [0.1, 0.15) is 13.3 Å². The van der Waals surface area contributed by atoms with E-state index in [0.29, 0.717) is 25.6 Å². The second kappa shape index (κ2) is 5.56. The number of carboxylic acids is 1. The third kappa shape index (κ3) is 2.93. The van der Waals surface area contributed by atoms with Crippen LogP contribution in [0.2, 0.25) is 0 Å². The maximum atomic E-state index is 11.7. The molecule has 2 aliphatic heterocycles. The highest BCUT2D eigenvalue weighted by atomic mass is 16.4. The molecule has 2 saturated heterocycles. The molecule has 6 heteroatoms. The number of aliphatic carboxylic acids is 1. The van der Waals surface area contributed by atoms with E-state index in [9.17, 15) is 9.59 Å². The van der Waals surface area contributed by atoms with Gasteiger partial charge < -0.3 is 20.2 Å². The van der Waals surface area contributed by atoms with Crippen LogP contribution in [0.15, 0.2) is 0 Å². The van der Waals surface area contributed by atoms with Crippen molar-refractivity contribution in [1.29, 1.82) is 0 Å². The Bertz CT molecular complexity index is 329. The number of amides is 2. The number of nitrogens with zero attached hydrogens (tertiary/aromatic N) is 2. The number of likely N-dealkylation sites (tertiary alicyclic amines) is 2. The van der Waals surface area contributed by atoms with Crippen LogP contribution < -0.4 is 5.32 Å². The first-order valence-electron chi connectivity index (χ1n) is 6.58. The Morgan fingerprint density at radius 1 is 1.33 bits per heavy atom. The molecule has 0 aromatic rings. The van der Waals surface area contributed by atoms with E-state index in [1.807, 2.05) is 0 Å². The number of urea groups is 1. The number of hydrogen-bond acceptors (Lipinski definition) is 3. The van der Waals surface area contributed by atoms with Crippen molar-refractivity contribution in [3.05, 3.63) is 0 Å². The lowest BCUT2D eigenvalue weighted by Gasteiger charge is -2.36. The maximum Gasteiger partial charge on any atom is 0.317 e. The van der Waals surface area contributed by atoms with Gasteiger partial charge in [-0.3, -0.25) is 4.79 Å². The fraction of sp³-hybridized carbons (Fsp3) is 0.833. The second-order valence-electron chi connectivity index (χ2n) is 5.17. The van der Waals surface area contributed by atoms with Crippen LogP contribution in [0.25, 0.3) is 0 Å². The van der Waals surface area contributed by atoms with E-state index in [0.717, 1.165) is 26.1 Å². The van der Waals surface area contributed by atoms with Crippen LogP contribution in [-0.2, 0) is 4.79 Å². The number of nitrogens with one attached hydrogen (secondary N) is 1. The first-order valence-corrected chi connectivity index (χ1v) is 6.58. The Kier molecular flexibility index (Phi) is 4.06. The lowest BCUT2D eigenvalue weighted by atomic mass is 10.0. The first kappa shape index (κ1) is 13.1. The molecule has 0 aromatic carbocycles. The summed E-state index contributed by atoms with van der Waals surface area (Å²) < 4.78 is 0. The highest BCUT2D eigenvalue weighted by molar-refractivity contribution is 5.79. The molecular formula is C12H21N3O3. The minimum Gasteiger partial charge on any atom is -0.481 e. The summed E-state index contributed by atoms with van der Waals surface area (Å²) in [6, 6.07) is -0.123. The van der Waals surface area contributed by atoms with Gasteiger partial charge in [0.1, 0.15) is 0 Å². The van der Waals surface area contributed by atoms with Crippen LogP contribution >= 0.6 is 0 Å². The molecular weight excluding hydrogens is 234 g/mol. The Morgan fingerprint density at radius 2 is 2.06 bits per heavy atom. The van der Waals surface area contributed by atoms with Gasteiger partial charge in [-0.1, -0.05) is 6.92 Å². The third-order valence-corrected chi connectivity index (χ3v) is 3.88. The molecule has 0 spiro atoms. The molecule has 2 fully saturated rings.